The first-order chi connectivity index (χ1) is 7.91. The molecular formula is C12H18N2O2S. The normalized spacial score (nSPS) is 26.3. The van der Waals surface area contributed by atoms with Crippen molar-refractivity contribution in [2.45, 2.75) is 37.2 Å². The summed E-state index contributed by atoms with van der Waals surface area (Å²) in [5, 5.41) is 0. The summed E-state index contributed by atoms with van der Waals surface area (Å²) in [4.78, 5) is 0.351. The molecule has 0 saturated carbocycles. The molecule has 1 aromatic rings. The lowest BCUT2D eigenvalue weighted by Gasteiger charge is -2.20. The molecule has 1 heterocycles. The summed E-state index contributed by atoms with van der Waals surface area (Å²) < 4.78 is 26.2. The number of aryl methyl sites for hydroxylation is 1. The summed E-state index contributed by atoms with van der Waals surface area (Å²) in [6.07, 6.45) is 0.727. The Balaban J connectivity index is 2.33. The van der Waals surface area contributed by atoms with Gasteiger partial charge in [0.25, 0.3) is 0 Å². The molecule has 0 radical (unpaired) electrons. The fourth-order valence-corrected chi connectivity index (χ4v) is 3.92. The zero-order valence-corrected chi connectivity index (χ0v) is 10.9. The molecule has 2 rings (SSSR count). The molecule has 1 aliphatic rings. The Kier molecular flexibility index (Phi) is 3.25. The van der Waals surface area contributed by atoms with E-state index in [1.54, 1.807) is 12.1 Å². The average molecular weight is 254 g/mol. The van der Waals surface area contributed by atoms with E-state index in [0.29, 0.717) is 11.4 Å². The molecule has 0 aromatic heterocycles. The van der Waals surface area contributed by atoms with Gasteiger partial charge in [-0.25, -0.2) is 8.42 Å². The lowest BCUT2D eigenvalue weighted by atomic mass is 10.2. The summed E-state index contributed by atoms with van der Waals surface area (Å²) >= 11 is 0. The average Bonchev–Trinajstić information content (AvgIpc) is 2.59. The standard InChI is InChI=1S/C12H18N2O2S/c1-9-3-5-12(6-4-9)17(15,16)14-8-11(13)7-10(14)2/h3-6,10-11H,7-8,13H2,1-2H3/t10-,11-/m1/s1. The second kappa shape index (κ2) is 4.40. The number of benzene rings is 1. The first-order valence-electron chi connectivity index (χ1n) is 5.75. The zero-order chi connectivity index (χ0) is 12.6. The minimum atomic E-state index is -3.38. The second-order valence-electron chi connectivity index (χ2n) is 4.73. The number of rotatable bonds is 2. The van der Waals surface area contributed by atoms with Gasteiger partial charge in [-0.1, -0.05) is 17.7 Å². The Morgan fingerprint density at radius 1 is 1.29 bits per heavy atom. The van der Waals surface area contributed by atoms with Crippen LogP contribution in [0.4, 0.5) is 0 Å². The fraction of sp³-hybridized carbons (Fsp3) is 0.500. The highest BCUT2D eigenvalue weighted by atomic mass is 32.2. The van der Waals surface area contributed by atoms with Crippen molar-refractivity contribution < 1.29 is 8.42 Å². The van der Waals surface area contributed by atoms with Crippen LogP contribution in [0.3, 0.4) is 0 Å². The van der Waals surface area contributed by atoms with Gasteiger partial charge in [0, 0.05) is 18.6 Å². The molecule has 0 spiro atoms. The molecule has 17 heavy (non-hydrogen) atoms. The van der Waals surface area contributed by atoms with Gasteiger partial charge in [-0.2, -0.15) is 4.31 Å². The third-order valence-electron chi connectivity index (χ3n) is 3.18. The van der Waals surface area contributed by atoms with E-state index in [2.05, 4.69) is 0 Å². The summed E-state index contributed by atoms with van der Waals surface area (Å²) in [5.41, 5.74) is 6.86. The van der Waals surface area contributed by atoms with E-state index < -0.39 is 10.0 Å². The maximum atomic E-state index is 12.4. The Bertz CT molecular complexity index is 496. The lowest BCUT2D eigenvalue weighted by Crippen LogP contribution is -2.35. The van der Waals surface area contributed by atoms with Gasteiger partial charge in [-0.3, -0.25) is 0 Å². The minimum Gasteiger partial charge on any atom is -0.326 e. The molecule has 0 bridgehead atoms. The maximum Gasteiger partial charge on any atom is 0.243 e. The number of hydrogen-bond acceptors (Lipinski definition) is 3. The van der Waals surface area contributed by atoms with Crippen LogP contribution in [-0.2, 0) is 10.0 Å². The third kappa shape index (κ3) is 2.36. The van der Waals surface area contributed by atoms with Gasteiger partial charge in [0.05, 0.1) is 4.90 Å². The highest BCUT2D eigenvalue weighted by Crippen LogP contribution is 2.25. The van der Waals surface area contributed by atoms with E-state index in [4.69, 9.17) is 5.73 Å². The molecule has 0 aliphatic carbocycles. The van der Waals surface area contributed by atoms with Crippen molar-refractivity contribution in [2.24, 2.45) is 5.73 Å². The SMILES string of the molecule is Cc1ccc(S(=O)(=O)N2C[C@H](N)C[C@H]2C)cc1. The Hall–Kier alpha value is -0.910. The molecule has 1 aliphatic heterocycles. The van der Waals surface area contributed by atoms with Crippen LogP contribution in [0.1, 0.15) is 18.9 Å². The summed E-state index contributed by atoms with van der Waals surface area (Å²) in [5.74, 6) is 0. The Morgan fingerprint density at radius 2 is 1.88 bits per heavy atom. The van der Waals surface area contributed by atoms with Gasteiger partial charge in [0.1, 0.15) is 0 Å². The van der Waals surface area contributed by atoms with Crippen molar-refractivity contribution >= 4 is 10.0 Å². The number of hydrogen-bond donors (Lipinski definition) is 1. The van der Waals surface area contributed by atoms with Gasteiger partial charge in [0.2, 0.25) is 10.0 Å². The van der Waals surface area contributed by atoms with Crippen molar-refractivity contribution in [3.8, 4) is 0 Å². The lowest BCUT2D eigenvalue weighted by molar-refractivity contribution is 0.407. The molecule has 1 saturated heterocycles. The van der Waals surface area contributed by atoms with Crippen molar-refractivity contribution in [1.82, 2.24) is 4.31 Å². The van der Waals surface area contributed by atoms with Crippen molar-refractivity contribution in [2.75, 3.05) is 6.54 Å². The maximum absolute atomic E-state index is 12.4. The first kappa shape index (κ1) is 12.5. The summed E-state index contributed by atoms with van der Waals surface area (Å²) in [6, 6.07) is 6.87. The molecule has 2 atom stereocenters. The first-order valence-corrected chi connectivity index (χ1v) is 7.19. The second-order valence-corrected chi connectivity index (χ2v) is 6.62. The third-order valence-corrected chi connectivity index (χ3v) is 5.17. The van der Waals surface area contributed by atoms with Crippen molar-refractivity contribution in [3.05, 3.63) is 29.8 Å². The van der Waals surface area contributed by atoms with E-state index in [1.807, 2.05) is 26.0 Å². The number of nitrogens with two attached hydrogens (primary N) is 1. The summed E-state index contributed by atoms with van der Waals surface area (Å²) in [7, 11) is -3.38. The quantitative estimate of drug-likeness (QED) is 0.859. The molecule has 2 N–H and O–H groups in total. The molecular weight excluding hydrogens is 236 g/mol. The van der Waals surface area contributed by atoms with Crippen LogP contribution in [0.2, 0.25) is 0 Å². The highest BCUT2D eigenvalue weighted by Gasteiger charge is 2.36. The molecule has 0 amide bonds. The molecule has 1 aromatic carbocycles. The van der Waals surface area contributed by atoms with Crippen LogP contribution >= 0.6 is 0 Å². The van der Waals surface area contributed by atoms with Gasteiger partial charge in [-0.05, 0) is 32.4 Å². The van der Waals surface area contributed by atoms with Gasteiger partial charge in [0.15, 0.2) is 0 Å². The Morgan fingerprint density at radius 3 is 2.35 bits per heavy atom. The molecule has 0 unspecified atom stereocenters. The topological polar surface area (TPSA) is 63.4 Å². The van der Waals surface area contributed by atoms with Crippen LogP contribution in [0, 0.1) is 6.92 Å². The smallest absolute Gasteiger partial charge is 0.243 e. The van der Waals surface area contributed by atoms with E-state index in [0.717, 1.165) is 12.0 Å². The largest absolute Gasteiger partial charge is 0.326 e. The minimum absolute atomic E-state index is 0.0173. The Labute approximate surface area is 102 Å². The summed E-state index contributed by atoms with van der Waals surface area (Å²) in [6.45, 7) is 4.25. The molecule has 4 nitrogen and oxygen atoms in total. The van der Waals surface area contributed by atoms with Gasteiger partial charge in [-0.15, -0.1) is 0 Å². The predicted octanol–water partition coefficient (Wildman–Crippen LogP) is 1.11. The van der Waals surface area contributed by atoms with Gasteiger partial charge >= 0.3 is 0 Å². The van der Waals surface area contributed by atoms with E-state index in [1.165, 1.54) is 4.31 Å². The highest BCUT2D eigenvalue weighted by molar-refractivity contribution is 7.89. The molecule has 5 heteroatoms. The molecule has 94 valence electrons. The number of sulfonamides is 1. The predicted molar refractivity (Wildman–Crippen MR) is 67.1 cm³/mol. The monoisotopic (exact) mass is 254 g/mol. The van der Waals surface area contributed by atoms with Crippen LogP contribution in [-0.4, -0.2) is 31.4 Å². The van der Waals surface area contributed by atoms with Crippen molar-refractivity contribution in [1.29, 1.82) is 0 Å². The van der Waals surface area contributed by atoms with Crippen LogP contribution in [0.5, 0.6) is 0 Å². The fourth-order valence-electron chi connectivity index (χ4n) is 2.22. The van der Waals surface area contributed by atoms with E-state index in [-0.39, 0.29) is 12.1 Å². The van der Waals surface area contributed by atoms with Gasteiger partial charge < -0.3 is 5.73 Å². The molecule has 1 fully saturated rings. The van der Waals surface area contributed by atoms with E-state index >= 15 is 0 Å². The van der Waals surface area contributed by atoms with Crippen LogP contribution < -0.4 is 5.73 Å². The van der Waals surface area contributed by atoms with Crippen molar-refractivity contribution in [3.63, 3.8) is 0 Å². The van der Waals surface area contributed by atoms with Crippen LogP contribution in [0.25, 0.3) is 0 Å². The number of nitrogens with zero attached hydrogens (tertiary/aromatic N) is 1. The zero-order valence-electron chi connectivity index (χ0n) is 10.1. The van der Waals surface area contributed by atoms with E-state index in [9.17, 15) is 8.42 Å². The van der Waals surface area contributed by atoms with Crippen LogP contribution in [0.15, 0.2) is 29.2 Å².